The van der Waals surface area contributed by atoms with Crippen LogP contribution in [0.2, 0.25) is 0 Å². The summed E-state index contributed by atoms with van der Waals surface area (Å²) in [7, 11) is 0. The topological polar surface area (TPSA) is 105 Å². The summed E-state index contributed by atoms with van der Waals surface area (Å²) < 4.78 is 8.61. The van der Waals surface area contributed by atoms with Crippen LogP contribution in [0.1, 0.15) is 10.4 Å². The predicted octanol–water partition coefficient (Wildman–Crippen LogP) is 6.14. The van der Waals surface area contributed by atoms with Crippen LogP contribution in [0.3, 0.4) is 0 Å². The predicted molar refractivity (Wildman–Crippen MR) is 167 cm³/mol. The number of fused-ring (bicyclic) bond motifs is 4. The highest BCUT2D eigenvalue weighted by Gasteiger charge is 2.16. The van der Waals surface area contributed by atoms with E-state index >= 15 is 0 Å². The van der Waals surface area contributed by atoms with Crippen LogP contribution in [0.15, 0.2) is 113 Å². The molecule has 0 saturated heterocycles. The molecule has 0 fully saturated rings. The number of aromatic nitrogens is 3. The lowest BCUT2D eigenvalue weighted by atomic mass is 10.1. The molecule has 0 saturated carbocycles. The second-order valence-electron chi connectivity index (χ2n) is 10.1. The van der Waals surface area contributed by atoms with Crippen LogP contribution in [0.5, 0.6) is 0 Å². The molecule has 0 aliphatic heterocycles. The van der Waals surface area contributed by atoms with E-state index in [1.54, 1.807) is 23.7 Å². The first kappa shape index (κ1) is 26.1. The van der Waals surface area contributed by atoms with Crippen LogP contribution in [0, 0.1) is 0 Å². The molecule has 0 aliphatic carbocycles. The molecule has 208 valence electrons. The lowest BCUT2D eigenvalue weighted by Gasteiger charge is -2.18. The maximum Gasteiger partial charge on any atom is 0.277 e. The molecule has 1 unspecified atom stereocenters. The molecule has 0 aliphatic rings. The molecule has 0 amide bonds. The average Bonchev–Trinajstić information content (AvgIpc) is 3.62. The van der Waals surface area contributed by atoms with Crippen molar-refractivity contribution in [3.8, 4) is 11.4 Å². The van der Waals surface area contributed by atoms with Gasteiger partial charge in [-0.05, 0) is 35.9 Å². The van der Waals surface area contributed by atoms with Crippen molar-refractivity contribution in [2.75, 3.05) is 5.32 Å². The molecule has 1 atom stereocenters. The summed E-state index contributed by atoms with van der Waals surface area (Å²) in [5, 5.41) is 20.5. The van der Waals surface area contributed by atoms with Crippen molar-refractivity contribution >= 4 is 49.0 Å². The number of hydrogen-bond acceptors (Lipinski definition) is 8. The number of nitrogens with zero attached hydrogens (tertiary/aromatic N) is 3. The van der Waals surface area contributed by atoms with Gasteiger partial charge in [-0.25, -0.2) is 4.98 Å². The maximum atomic E-state index is 13.8. The molecule has 7 aromatic rings. The van der Waals surface area contributed by atoms with Crippen LogP contribution in [-0.2, 0) is 19.6 Å². The van der Waals surface area contributed by atoms with E-state index in [1.165, 1.54) is 4.57 Å². The van der Waals surface area contributed by atoms with Gasteiger partial charge in [0.1, 0.15) is 28.9 Å². The van der Waals surface area contributed by atoms with Gasteiger partial charge in [-0.2, -0.15) is 0 Å². The Hall–Kier alpha value is -4.83. The summed E-state index contributed by atoms with van der Waals surface area (Å²) in [5.41, 5.74) is 3.57. The molecule has 8 nitrogen and oxygen atoms in total. The molecular weight excluding hydrogens is 546 g/mol. The highest BCUT2D eigenvalue weighted by atomic mass is 32.1. The minimum absolute atomic E-state index is 0.0327. The number of nitrogens with one attached hydrogen (secondary N) is 2. The summed E-state index contributed by atoms with van der Waals surface area (Å²) in [6, 6.07) is 27.5. The van der Waals surface area contributed by atoms with Gasteiger partial charge in [0, 0.05) is 56.8 Å². The Morgan fingerprint density at radius 2 is 1.74 bits per heavy atom. The fourth-order valence-electron chi connectivity index (χ4n) is 5.16. The van der Waals surface area contributed by atoms with E-state index in [4.69, 9.17) is 4.42 Å². The van der Waals surface area contributed by atoms with Gasteiger partial charge >= 0.3 is 0 Å². The average molecular weight is 574 g/mol. The SMILES string of the molecule is O=c1c(NCc2ccc3oc4ccccc4c3c2)cnc(-c2ccccc2)n1CC(O)NCc1cc2cnccc2s1. The van der Waals surface area contributed by atoms with Gasteiger partial charge in [0.25, 0.3) is 5.56 Å². The number of pyridine rings is 1. The third-order valence-corrected chi connectivity index (χ3v) is 8.35. The third kappa shape index (κ3) is 5.16. The summed E-state index contributed by atoms with van der Waals surface area (Å²) in [4.78, 5) is 23.7. The largest absolute Gasteiger partial charge is 0.456 e. The van der Waals surface area contributed by atoms with Gasteiger partial charge in [0.2, 0.25) is 0 Å². The van der Waals surface area contributed by atoms with E-state index in [0.717, 1.165) is 48.0 Å². The highest BCUT2D eigenvalue weighted by Crippen LogP contribution is 2.29. The minimum Gasteiger partial charge on any atom is -0.456 e. The number of furan rings is 1. The molecule has 0 radical (unpaired) electrons. The highest BCUT2D eigenvalue weighted by molar-refractivity contribution is 7.19. The number of rotatable bonds is 9. The summed E-state index contributed by atoms with van der Waals surface area (Å²) in [6.45, 7) is 0.927. The van der Waals surface area contributed by atoms with E-state index in [2.05, 4.69) is 32.7 Å². The van der Waals surface area contributed by atoms with Crippen molar-refractivity contribution in [3.63, 3.8) is 0 Å². The van der Waals surface area contributed by atoms with Crippen LogP contribution in [0.25, 0.3) is 43.4 Å². The summed E-state index contributed by atoms with van der Waals surface area (Å²) in [5.74, 6) is 0.492. The van der Waals surface area contributed by atoms with Gasteiger partial charge in [-0.15, -0.1) is 11.3 Å². The van der Waals surface area contributed by atoms with Crippen LogP contribution in [0.4, 0.5) is 5.69 Å². The molecule has 0 bridgehead atoms. The third-order valence-electron chi connectivity index (χ3n) is 7.24. The van der Waals surface area contributed by atoms with Crippen LogP contribution in [-0.4, -0.2) is 25.9 Å². The quantitative estimate of drug-likeness (QED) is 0.178. The molecule has 3 N–H and O–H groups in total. The van der Waals surface area contributed by atoms with E-state index in [9.17, 15) is 9.90 Å². The van der Waals surface area contributed by atoms with Gasteiger partial charge < -0.3 is 14.8 Å². The second-order valence-corrected chi connectivity index (χ2v) is 11.3. The zero-order valence-corrected chi connectivity index (χ0v) is 23.3. The molecule has 42 heavy (non-hydrogen) atoms. The number of aliphatic hydroxyl groups is 1. The fourth-order valence-corrected chi connectivity index (χ4v) is 6.15. The molecule has 0 spiro atoms. The Morgan fingerprint density at radius 1 is 0.905 bits per heavy atom. The number of aliphatic hydroxyl groups excluding tert-OH is 1. The Kier molecular flexibility index (Phi) is 6.97. The standard InChI is InChI=1S/C33H27N5O3S/c39-31(36-18-24-15-23-17-34-13-12-30(23)42-24)20-38-32(22-6-2-1-3-7-22)37-19-27(33(38)40)35-16-21-10-11-29-26(14-21)25-8-4-5-9-28(25)41-29/h1-15,17,19,31,35-36,39H,16,18,20H2. The molecular formula is C33H27N5O3S. The summed E-state index contributed by atoms with van der Waals surface area (Å²) in [6.07, 6.45) is 4.20. The van der Waals surface area contributed by atoms with Crippen LogP contribution < -0.4 is 16.2 Å². The first-order valence-electron chi connectivity index (χ1n) is 13.7. The van der Waals surface area contributed by atoms with E-state index < -0.39 is 6.23 Å². The molecule has 4 heterocycles. The normalized spacial score (nSPS) is 12.3. The number of para-hydroxylation sites is 1. The minimum atomic E-state index is -0.970. The molecule has 3 aromatic carbocycles. The van der Waals surface area contributed by atoms with E-state index in [-0.39, 0.29) is 12.1 Å². The number of hydrogen-bond donors (Lipinski definition) is 3. The Labute approximate surface area is 244 Å². The monoisotopic (exact) mass is 573 g/mol. The Morgan fingerprint density at radius 3 is 2.62 bits per heavy atom. The number of anilines is 1. The second kappa shape index (κ2) is 11.2. The van der Waals surface area contributed by atoms with E-state index in [0.29, 0.717) is 24.6 Å². The first-order chi connectivity index (χ1) is 20.6. The first-order valence-corrected chi connectivity index (χ1v) is 14.5. The van der Waals surface area contributed by atoms with E-state index in [1.807, 2.05) is 79.0 Å². The fraction of sp³-hybridized carbons (Fsp3) is 0.121. The number of benzene rings is 3. The molecule has 4 aromatic heterocycles. The maximum absolute atomic E-state index is 13.8. The number of thiophene rings is 1. The summed E-state index contributed by atoms with van der Waals surface area (Å²) >= 11 is 1.65. The van der Waals surface area contributed by atoms with Gasteiger partial charge in [-0.1, -0.05) is 54.6 Å². The van der Waals surface area contributed by atoms with Gasteiger partial charge in [-0.3, -0.25) is 19.7 Å². The smallest absolute Gasteiger partial charge is 0.277 e. The lowest BCUT2D eigenvalue weighted by molar-refractivity contribution is 0.116. The van der Waals surface area contributed by atoms with Crippen molar-refractivity contribution in [1.82, 2.24) is 19.9 Å². The Balaban J connectivity index is 1.13. The van der Waals surface area contributed by atoms with Crippen molar-refractivity contribution in [3.05, 3.63) is 124 Å². The zero-order valence-electron chi connectivity index (χ0n) is 22.5. The molecule has 7 rings (SSSR count). The van der Waals surface area contributed by atoms with Crippen molar-refractivity contribution in [2.24, 2.45) is 0 Å². The van der Waals surface area contributed by atoms with Crippen molar-refractivity contribution in [1.29, 1.82) is 0 Å². The van der Waals surface area contributed by atoms with Crippen LogP contribution >= 0.6 is 11.3 Å². The zero-order chi connectivity index (χ0) is 28.5. The molecule has 9 heteroatoms. The Bertz CT molecular complexity index is 2050. The lowest BCUT2D eigenvalue weighted by Crippen LogP contribution is -2.37. The van der Waals surface area contributed by atoms with Gasteiger partial charge in [0.05, 0.1) is 12.7 Å². The van der Waals surface area contributed by atoms with Gasteiger partial charge in [0.15, 0.2) is 0 Å². The van der Waals surface area contributed by atoms with Crippen molar-refractivity contribution < 1.29 is 9.52 Å². The van der Waals surface area contributed by atoms with Crippen molar-refractivity contribution in [2.45, 2.75) is 25.9 Å².